The number of nitrogens with one attached hydrogen (secondary N) is 1. The Morgan fingerprint density at radius 2 is 1.79 bits per heavy atom. The Kier molecular flexibility index (Phi) is 6.33. The third-order valence-corrected chi connectivity index (χ3v) is 6.35. The minimum atomic E-state index is 0.000480. The number of benzene rings is 2. The number of rotatable bonds is 6. The Morgan fingerprint density at radius 3 is 2.59 bits per heavy atom. The molecule has 1 fully saturated rings. The van der Waals surface area contributed by atoms with Crippen LogP contribution in [-0.4, -0.2) is 34.1 Å². The second-order valence-electron chi connectivity index (χ2n) is 8.57. The number of nitrogens with zero attached hydrogens (tertiary/aromatic N) is 4. The van der Waals surface area contributed by atoms with Gasteiger partial charge in [0, 0.05) is 37.3 Å². The topological polar surface area (TPSA) is 84.2 Å². The SMILES string of the molecule is Cc1ccccc1CNC(=O)C1CCN(c2ncccc2-c2nc(-c3ccccc3)no2)CC1. The molecule has 0 spiro atoms. The van der Waals surface area contributed by atoms with Crippen molar-refractivity contribution >= 4 is 11.7 Å². The van der Waals surface area contributed by atoms with Crippen LogP contribution in [0.4, 0.5) is 5.82 Å². The fourth-order valence-corrected chi connectivity index (χ4v) is 4.34. The number of carbonyl (C=O) groups is 1. The number of carbonyl (C=O) groups excluding carboxylic acids is 1. The predicted octanol–water partition coefficient (Wildman–Crippen LogP) is 4.64. The minimum absolute atomic E-state index is 0.000480. The molecule has 172 valence electrons. The fourth-order valence-electron chi connectivity index (χ4n) is 4.34. The van der Waals surface area contributed by atoms with Gasteiger partial charge in [-0.3, -0.25) is 4.79 Å². The largest absolute Gasteiger partial charge is 0.356 e. The zero-order valence-electron chi connectivity index (χ0n) is 19.1. The zero-order chi connectivity index (χ0) is 23.3. The van der Waals surface area contributed by atoms with Gasteiger partial charge in [-0.15, -0.1) is 0 Å². The van der Waals surface area contributed by atoms with E-state index in [1.165, 1.54) is 5.56 Å². The summed E-state index contributed by atoms with van der Waals surface area (Å²) in [6.07, 6.45) is 3.32. The van der Waals surface area contributed by atoms with E-state index in [-0.39, 0.29) is 11.8 Å². The van der Waals surface area contributed by atoms with Crippen molar-refractivity contribution in [3.05, 3.63) is 84.1 Å². The lowest BCUT2D eigenvalue weighted by Gasteiger charge is -2.32. The van der Waals surface area contributed by atoms with E-state index in [4.69, 9.17) is 4.52 Å². The molecule has 0 radical (unpaired) electrons. The molecule has 0 atom stereocenters. The highest BCUT2D eigenvalue weighted by atomic mass is 16.5. The Hall–Kier alpha value is -4.00. The van der Waals surface area contributed by atoms with Crippen molar-refractivity contribution in [2.24, 2.45) is 5.92 Å². The maximum Gasteiger partial charge on any atom is 0.261 e. The standard InChI is InChI=1S/C27H27N5O2/c1-19-8-5-6-11-22(19)18-29-26(33)21-13-16-32(17-14-21)25-23(12-7-15-28-25)27-30-24(31-34-27)20-9-3-2-4-10-20/h2-12,15,21H,13-14,16-18H2,1H3,(H,29,33). The van der Waals surface area contributed by atoms with Gasteiger partial charge in [0.15, 0.2) is 0 Å². The molecule has 1 saturated heterocycles. The molecule has 34 heavy (non-hydrogen) atoms. The second kappa shape index (κ2) is 9.87. The van der Waals surface area contributed by atoms with Crippen LogP contribution < -0.4 is 10.2 Å². The number of aromatic nitrogens is 3. The molecule has 0 aliphatic carbocycles. The number of pyridine rings is 1. The van der Waals surface area contributed by atoms with Crippen LogP contribution in [0.25, 0.3) is 22.8 Å². The van der Waals surface area contributed by atoms with Crippen LogP contribution in [0.15, 0.2) is 77.4 Å². The number of anilines is 1. The lowest BCUT2D eigenvalue weighted by Crippen LogP contribution is -2.40. The summed E-state index contributed by atoms with van der Waals surface area (Å²) in [5, 5.41) is 7.26. The maximum absolute atomic E-state index is 12.8. The second-order valence-corrected chi connectivity index (χ2v) is 8.57. The molecule has 1 aliphatic heterocycles. The van der Waals surface area contributed by atoms with Crippen molar-refractivity contribution in [1.29, 1.82) is 0 Å². The first-order chi connectivity index (χ1) is 16.7. The average molecular weight is 454 g/mol. The number of aryl methyl sites for hydroxylation is 1. The van der Waals surface area contributed by atoms with Gasteiger partial charge in [0.1, 0.15) is 5.82 Å². The van der Waals surface area contributed by atoms with Crippen molar-refractivity contribution in [1.82, 2.24) is 20.4 Å². The maximum atomic E-state index is 12.8. The summed E-state index contributed by atoms with van der Waals surface area (Å²) >= 11 is 0. The summed E-state index contributed by atoms with van der Waals surface area (Å²) in [6.45, 7) is 4.12. The third-order valence-electron chi connectivity index (χ3n) is 6.35. The van der Waals surface area contributed by atoms with Crippen LogP contribution in [0.2, 0.25) is 0 Å². The van der Waals surface area contributed by atoms with E-state index in [0.717, 1.165) is 48.4 Å². The molecule has 0 bridgehead atoms. The molecule has 4 aromatic rings. The zero-order valence-corrected chi connectivity index (χ0v) is 19.1. The van der Waals surface area contributed by atoms with Gasteiger partial charge in [0.2, 0.25) is 11.7 Å². The summed E-state index contributed by atoms with van der Waals surface area (Å²) < 4.78 is 5.59. The molecular weight excluding hydrogens is 426 g/mol. The van der Waals surface area contributed by atoms with Crippen molar-refractivity contribution < 1.29 is 9.32 Å². The van der Waals surface area contributed by atoms with Crippen molar-refractivity contribution in [2.45, 2.75) is 26.3 Å². The third kappa shape index (κ3) is 4.69. The molecule has 1 N–H and O–H groups in total. The highest BCUT2D eigenvalue weighted by Crippen LogP contribution is 2.31. The lowest BCUT2D eigenvalue weighted by molar-refractivity contribution is -0.125. The molecule has 7 heteroatoms. The van der Waals surface area contributed by atoms with E-state index in [1.807, 2.05) is 54.6 Å². The summed E-state index contributed by atoms with van der Waals surface area (Å²) in [5.41, 5.74) is 4.05. The Morgan fingerprint density at radius 1 is 1.03 bits per heavy atom. The minimum Gasteiger partial charge on any atom is -0.356 e. The molecule has 3 heterocycles. The van der Waals surface area contributed by atoms with Crippen molar-refractivity contribution in [3.8, 4) is 22.8 Å². The Balaban J connectivity index is 1.24. The fraction of sp³-hybridized carbons (Fsp3) is 0.259. The first kappa shape index (κ1) is 21.8. The molecule has 2 aromatic carbocycles. The Labute approximate surface area is 198 Å². The van der Waals surface area contributed by atoms with Gasteiger partial charge in [0.05, 0.1) is 5.56 Å². The van der Waals surface area contributed by atoms with E-state index in [2.05, 4.69) is 44.4 Å². The molecule has 0 saturated carbocycles. The average Bonchev–Trinajstić information content (AvgIpc) is 3.39. The summed E-state index contributed by atoms with van der Waals surface area (Å²) in [7, 11) is 0. The number of hydrogen-bond acceptors (Lipinski definition) is 6. The molecule has 5 rings (SSSR count). The highest BCUT2D eigenvalue weighted by Gasteiger charge is 2.27. The molecule has 7 nitrogen and oxygen atoms in total. The monoisotopic (exact) mass is 453 g/mol. The van der Waals surface area contributed by atoms with Crippen molar-refractivity contribution in [3.63, 3.8) is 0 Å². The van der Waals surface area contributed by atoms with Crippen LogP contribution >= 0.6 is 0 Å². The van der Waals surface area contributed by atoms with E-state index in [0.29, 0.717) is 18.3 Å². The van der Waals surface area contributed by atoms with Gasteiger partial charge >= 0.3 is 0 Å². The van der Waals surface area contributed by atoms with Crippen LogP contribution in [0.3, 0.4) is 0 Å². The molecule has 1 amide bonds. The van der Waals surface area contributed by atoms with E-state index in [1.54, 1.807) is 6.20 Å². The van der Waals surface area contributed by atoms with Crippen molar-refractivity contribution in [2.75, 3.05) is 18.0 Å². The van der Waals surface area contributed by atoms with Crippen LogP contribution in [-0.2, 0) is 11.3 Å². The normalized spacial score (nSPS) is 14.2. The van der Waals surface area contributed by atoms with Gasteiger partial charge in [-0.05, 0) is 43.0 Å². The number of piperidine rings is 1. The first-order valence-electron chi connectivity index (χ1n) is 11.6. The summed E-state index contributed by atoms with van der Waals surface area (Å²) in [5.74, 6) is 1.92. The van der Waals surface area contributed by atoms with Crippen LogP contribution in [0.1, 0.15) is 24.0 Å². The van der Waals surface area contributed by atoms with E-state index in [9.17, 15) is 4.79 Å². The molecule has 0 unspecified atom stereocenters. The summed E-state index contributed by atoms with van der Waals surface area (Å²) in [4.78, 5) is 24.2. The lowest BCUT2D eigenvalue weighted by atomic mass is 9.95. The highest BCUT2D eigenvalue weighted by molar-refractivity contribution is 5.79. The number of amides is 1. The first-order valence-corrected chi connectivity index (χ1v) is 11.6. The van der Waals surface area contributed by atoms with Gasteiger partial charge in [-0.25, -0.2) is 4.98 Å². The Bertz CT molecular complexity index is 1260. The molecule has 2 aromatic heterocycles. The van der Waals surface area contributed by atoms with Gasteiger partial charge in [0.25, 0.3) is 5.89 Å². The van der Waals surface area contributed by atoms with E-state index < -0.39 is 0 Å². The molecule has 1 aliphatic rings. The summed E-state index contributed by atoms with van der Waals surface area (Å²) in [6, 6.07) is 21.7. The van der Waals surface area contributed by atoms with Crippen LogP contribution in [0.5, 0.6) is 0 Å². The van der Waals surface area contributed by atoms with Gasteiger partial charge < -0.3 is 14.7 Å². The smallest absolute Gasteiger partial charge is 0.261 e. The number of hydrogen-bond donors (Lipinski definition) is 1. The van der Waals surface area contributed by atoms with Crippen LogP contribution in [0, 0.1) is 12.8 Å². The van der Waals surface area contributed by atoms with Gasteiger partial charge in [-0.1, -0.05) is 59.8 Å². The molecular formula is C27H27N5O2. The quantitative estimate of drug-likeness (QED) is 0.458. The predicted molar refractivity (Wildman–Crippen MR) is 131 cm³/mol. The van der Waals surface area contributed by atoms with E-state index >= 15 is 0 Å². The van der Waals surface area contributed by atoms with Gasteiger partial charge in [-0.2, -0.15) is 4.98 Å².